The standard InChI is InChI=1S/C13H14ClNO2/c14-9-5-4-6-10-11(9)15-12(16)13(17-10)7-2-1-3-8-13/h4-6H,1-3,7-8H2,(H,15,16). The normalized spacial score (nSPS) is 21.6. The predicted octanol–water partition coefficient (Wildman–Crippen LogP) is 3.37. The summed E-state index contributed by atoms with van der Waals surface area (Å²) < 4.78 is 5.96. The molecule has 1 aromatic carbocycles. The van der Waals surface area contributed by atoms with Crippen LogP contribution in [0.25, 0.3) is 0 Å². The van der Waals surface area contributed by atoms with Crippen LogP contribution in [0.3, 0.4) is 0 Å². The number of carbonyl (C=O) groups excluding carboxylic acids is 1. The van der Waals surface area contributed by atoms with E-state index in [1.165, 1.54) is 6.42 Å². The molecular weight excluding hydrogens is 238 g/mol. The third kappa shape index (κ3) is 1.69. The molecule has 1 amide bonds. The van der Waals surface area contributed by atoms with E-state index in [0.29, 0.717) is 16.5 Å². The number of anilines is 1. The molecule has 90 valence electrons. The molecule has 1 spiro atoms. The highest BCUT2D eigenvalue weighted by atomic mass is 35.5. The molecule has 0 radical (unpaired) electrons. The highest BCUT2D eigenvalue weighted by molar-refractivity contribution is 6.34. The molecule has 1 heterocycles. The Hall–Kier alpha value is -1.22. The zero-order chi connectivity index (χ0) is 11.9. The van der Waals surface area contributed by atoms with Gasteiger partial charge in [-0.15, -0.1) is 0 Å². The number of hydrogen-bond acceptors (Lipinski definition) is 2. The van der Waals surface area contributed by atoms with E-state index >= 15 is 0 Å². The summed E-state index contributed by atoms with van der Waals surface area (Å²) in [6, 6.07) is 5.45. The van der Waals surface area contributed by atoms with Crippen LogP contribution in [0.5, 0.6) is 5.75 Å². The first-order chi connectivity index (χ1) is 8.21. The Morgan fingerprint density at radius 2 is 2.00 bits per heavy atom. The first-order valence-electron chi connectivity index (χ1n) is 6.00. The van der Waals surface area contributed by atoms with Crippen molar-refractivity contribution in [2.45, 2.75) is 37.7 Å². The van der Waals surface area contributed by atoms with Gasteiger partial charge in [-0.25, -0.2) is 0 Å². The molecule has 1 N–H and O–H groups in total. The maximum atomic E-state index is 12.2. The summed E-state index contributed by atoms with van der Waals surface area (Å²) in [6.45, 7) is 0. The lowest BCUT2D eigenvalue weighted by molar-refractivity contribution is -0.135. The number of hydrogen-bond donors (Lipinski definition) is 1. The van der Waals surface area contributed by atoms with Crippen molar-refractivity contribution in [3.63, 3.8) is 0 Å². The molecule has 3 nitrogen and oxygen atoms in total. The summed E-state index contributed by atoms with van der Waals surface area (Å²) in [5.41, 5.74) is -0.0500. The summed E-state index contributed by atoms with van der Waals surface area (Å²) in [7, 11) is 0. The average molecular weight is 252 g/mol. The van der Waals surface area contributed by atoms with Gasteiger partial charge < -0.3 is 10.1 Å². The monoisotopic (exact) mass is 251 g/mol. The molecule has 17 heavy (non-hydrogen) atoms. The molecule has 1 saturated carbocycles. The van der Waals surface area contributed by atoms with E-state index in [2.05, 4.69) is 5.32 Å². The van der Waals surface area contributed by atoms with Crippen LogP contribution in [-0.2, 0) is 4.79 Å². The van der Waals surface area contributed by atoms with Crippen molar-refractivity contribution in [1.29, 1.82) is 0 Å². The Balaban J connectivity index is 2.00. The van der Waals surface area contributed by atoms with E-state index in [0.717, 1.165) is 25.7 Å². The van der Waals surface area contributed by atoms with Crippen LogP contribution in [0.2, 0.25) is 5.02 Å². The topological polar surface area (TPSA) is 38.3 Å². The van der Waals surface area contributed by atoms with E-state index in [4.69, 9.17) is 16.3 Å². The molecule has 1 aliphatic heterocycles. The number of fused-ring (bicyclic) bond motifs is 1. The molecule has 3 rings (SSSR count). The highest BCUT2D eigenvalue weighted by Crippen LogP contribution is 2.43. The largest absolute Gasteiger partial charge is 0.475 e. The minimum atomic E-state index is -0.657. The number of amides is 1. The van der Waals surface area contributed by atoms with Crippen LogP contribution >= 0.6 is 11.6 Å². The summed E-state index contributed by atoms with van der Waals surface area (Å²) in [4.78, 5) is 12.2. The van der Waals surface area contributed by atoms with Crippen LogP contribution in [0.15, 0.2) is 18.2 Å². The van der Waals surface area contributed by atoms with E-state index < -0.39 is 5.60 Å². The van der Waals surface area contributed by atoms with E-state index in [9.17, 15) is 4.79 Å². The molecule has 0 saturated heterocycles. The smallest absolute Gasteiger partial charge is 0.268 e. The summed E-state index contributed by atoms with van der Waals surface area (Å²) in [5.74, 6) is 0.650. The molecular formula is C13H14ClNO2. The third-order valence-electron chi connectivity index (χ3n) is 3.59. The van der Waals surface area contributed by atoms with Crippen molar-refractivity contribution in [3.8, 4) is 5.75 Å². The van der Waals surface area contributed by atoms with E-state index in [1.807, 2.05) is 12.1 Å². The minimum absolute atomic E-state index is 0.0437. The van der Waals surface area contributed by atoms with Crippen molar-refractivity contribution < 1.29 is 9.53 Å². The molecule has 1 aliphatic carbocycles. The van der Waals surface area contributed by atoms with E-state index in [-0.39, 0.29) is 5.91 Å². The molecule has 1 fully saturated rings. The van der Waals surface area contributed by atoms with Gasteiger partial charge in [0, 0.05) is 0 Å². The number of nitrogens with one attached hydrogen (secondary N) is 1. The number of halogens is 1. The van der Waals surface area contributed by atoms with Gasteiger partial charge in [0.1, 0.15) is 11.4 Å². The van der Waals surface area contributed by atoms with Crippen LogP contribution < -0.4 is 10.1 Å². The quantitative estimate of drug-likeness (QED) is 0.768. The fourth-order valence-corrected chi connectivity index (χ4v) is 2.86. The summed E-state index contributed by atoms with van der Waals surface area (Å²) in [6.07, 6.45) is 4.86. The van der Waals surface area contributed by atoms with Gasteiger partial charge in [0.2, 0.25) is 0 Å². The fourth-order valence-electron chi connectivity index (χ4n) is 2.65. The second kappa shape index (κ2) is 3.91. The minimum Gasteiger partial charge on any atom is -0.475 e. The van der Waals surface area contributed by atoms with Gasteiger partial charge in [-0.05, 0) is 37.8 Å². The van der Waals surface area contributed by atoms with Crippen LogP contribution in [-0.4, -0.2) is 11.5 Å². The lowest BCUT2D eigenvalue weighted by Crippen LogP contribution is -2.52. The number of para-hydroxylation sites is 1. The Morgan fingerprint density at radius 3 is 2.76 bits per heavy atom. The lowest BCUT2D eigenvalue weighted by atomic mass is 9.83. The molecule has 1 aromatic rings. The first-order valence-corrected chi connectivity index (χ1v) is 6.38. The van der Waals surface area contributed by atoms with Crippen LogP contribution in [0.4, 0.5) is 5.69 Å². The fraction of sp³-hybridized carbons (Fsp3) is 0.462. The maximum absolute atomic E-state index is 12.2. The predicted molar refractivity (Wildman–Crippen MR) is 66.5 cm³/mol. The Labute approximate surface area is 105 Å². The van der Waals surface area contributed by atoms with Crippen molar-refractivity contribution >= 4 is 23.2 Å². The Kier molecular flexibility index (Phi) is 2.51. The van der Waals surface area contributed by atoms with Gasteiger partial charge in [0.15, 0.2) is 5.60 Å². The summed E-state index contributed by atoms with van der Waals surface area (Å²) >= 11 is 6.04. The first kappa shape index (κ1) is 10.9. The zero-order valence-electron chi connectivity index (χ0n) is 9.46. The van der Waals surface area contributed by atoms with E-state index in [1.54, 1.807) is 6.07 Å². The second-order valence-corrected chi connectivity index (χ2v) is 5.13. The Bertz CT molecular complexity index is 466. The molecule has 4 heteroatoms. The number of rotatable bonds is 0. The lowest BCUT2D eigenvalue weighted by Gasteiger charge is -2.40. The molecule has 0 atom stereocenters. The van der Waals surface area contributed by atoms with Gasteiger partial charge in [-0.2, -0.15) is 0 Å². The van der Waals surface area contributed by atoms with Crippen molar-refractivity contribution in [1.82, 2.24) is 0 Å². The van der Waals surface area contributed by atoms with Crippen molar-refractivity contribution in [3.05, 3.63) is 23.2 Å². The SMILES string of the molecule is O=C1Nc2c(Cl)cccc2OC12CCCCC2. The zero-order valence-corrected chi connectivity index (χ0v) is 10.2. The molecule has 0 aromatic heterocycles. The number of ether oxygens (including phenoxy) is 1. The van der Waals surface area contributed by atoms with Crippen LogP contribution in [0, 0.1) is 0 Å². The van der Waals surface area contributed by atoms with Gasteiger partial charge in [0.05, 0.1) is 5.02 Å². The van der Waals surface area contributed by atoms with Crippen molar-refractivity contribution in [2.75, 3.05) is 5.32 Å². The number of benzene rings is 1. The molecule has 2 aliphatic rings. The van der Waals surface area contributed by atoms with Crippen LogP contribution in [0.1, 0.15) is 32.1 Å². The van der Waals surface area contributed by atoms with Gasteiger partial charge >= 0.3 is 0 Å². The van der Waals surface area contributed by atoms with Crippen molar-refractivity contribution in [2.24, 2.45) is 0 Å². The second-order valence-electron chi connectivity index (χ2n) is 4.72. The Morgan fingerprint density at radius 1 is 1.24 bits per heavy atom. The van der Waals surface area contributed by atoms with Gasteiger partial charge in [-0.1, -0.05) is 24.1 Å². The number of carbonyl (C=O) groups is 1. The molecule has 0 bridgehead atoms. The summed E-state index contributed by atoms with van der Waals surface area (Å²) in [5, 5.41) is 3.42. The average Bonchev–Trinajstić information content (AvgIpc) is 2.33. The maximum Gasteiger partial charge on any atom is 0.268 e. The highest BCUT2D eigenvalue weighted by Gasteiger charge is 2.45. The molecule has 0 unspecified atom stereocenters. The van der Waals surface area contributed by atoms with Gasteiger partial charge in [0.25, 0.3) is 5.91 Å². The van der Waals surface area contributed by atoms with Gasteiger partial charge in [-0.3, -0.25) is 4.79 Å². The third-order valence-corrected chi connectivity index (χ3v) is 3.91.